The zero-order valence-corrected chi connectivity index (χ0v) is 12.8. The van der Waals surface area contributed by atoms with E-state index in [0.29, 0.717) is 0 Å². The molecule has 0 fully saturated rings. The molecule has 0 radical (unpaired) electrons. The highest BCUT2D eigenvalue weighted by molar-refractivity contribution is 7.10. The molecule has 1 aromatic carbocycles. The van der Waals surface area contributed by atoms with E-state index in [2.05, 4.69) is 21.7 Å². The summed E-state index contributed by atoms with van der Waals surface area (Å²) < 4.78 is 13.6. The van der Waals surface area contributed by atoms with Crippen LogP contribution in [0.1, 0.15) is 33.1 Å². The van der Waals surface area contributed by atoms with Gasteiger partial charge in [0.05, 0.1) is 12.1 Å². The molecule has 1 aliphatic rings. The van der Waals surface area contributed by atoms with Crippen LogP contribution in [0.15, 0.2) is 47.3 Å². The Balaban J connectivity index is 1.76. The summed E-state index contributed by atoms with van der Waals surface area (Å²) in [6.07, 6.45) is 2.78. The highest BCUT2D eigenvalue weighted by Gasteiger charge is 2.30. The van der Waals surface area contributed by atoms with Crippen LogP contribution in [0.25, 0.3) is 0 Å². The van der Waals surface area contributed by atoms with Crippen molar-refractivity contribution >= 4 is 22.7 Å². The summed E-state index contributed by atoms with van der Waals surface area (Å²) in [5.74, 6) is -0.191. The number of thiazole rings is 1. The van der Waals surface area contributed by atoms with E-state index in [1.54, 1.807) is 34.8 Å². The summed E-state index contributed by atoms with van der Waals surface area (Å²) in [6, 6.07) is 9.26. The van der Waals surface area contributed by atoms with E-state index in [9.17, 15) is 4.39 Å². The lowest BCUT2D eigenvalue weighted by Gasteiger charge is -2.30. The minimum atomic E-state index is -0.191. The van der Waals surface area contributed by atoms with Gasteiger partial charge in [-0.25, -0.2) is 9.37 Å². The molecule has 0 aliphatic carbocycles. The highest BCUT2D eigenvalue weighted by Crippen LogP contribution is 2.39. The van der Waals surface area contributed by atoms with Gasteiger partial charge in [0.15, 0.2) is 0 Å². The molecule has 21 heavy (non-hydrogen) atoms. The summed E-state index contributed by atoms with van der Waals surface area (Å²) >= 11 is 3.39. The second-order valence-corrected chi connectivity index (χ2v) is 6.97. The predicted molar refractivity (Wildman–Crippen MR) is 84.3 cm³/mol. The molecule has 0 unspecified atom stereocenters. The van der Waals surface area contributed by atoms with Gasteiger partial charge in [0.25, 0.3) is 0 Å². The van der Waals surface area contributed by atoms with Crippen molar-refractivity contribution in [3.8, 4) is 0 Å². The van der Waals surface area contributed by atoms with Gasteiger partial charge in [-0.05, 0) is 41.1 Å². The SMILES string of the molecule is Fc1cccc([C@@H]2N[C@H](c3nccs3)Cc3ccsc32)c1. The quantitative estimate of drug-likeness (QED) is 0.761. The molecule has 106 valence electrons. The standard InChI is InChI=1S/C16H13FN2S2/c17-12-3-1-2-10(8-12)14-15-11(4-6-20-15)9-13(19-14)16-18-5-7-21-16/h1-8,13-14,19H,9H2/t13-,14-/m0/s1. The topological polar surface area (TPSA) is 24.9 Å². The van der Waals surface area contributed by atoms with E-state index >= 15 is 0 Å². The molecule has 4 rings (SSSR count). The lowest BCUT2D eigenvalue weighted by Crippen LogP contribution is -2.33. The third-order valence-corrected chi connectivity index (χ3v) is 5.68. The van der Waals surface area contributed by atoms with Gasteiger partial charge >= 0.3 is 0 Å². The Morgan fingerprint density at radius 3 is 2.95 bits per heavy atom. The van der Waals surface area contributed by atoms with E-state index in [-0.39, 0.29) is 17.9 Å². The maximum Gasteiger partial charge on any atom is 0.123 e. The molecule has 2 atom stereocenters. The molecule has 2 aromatic heterocycles. The Morgan fingerprint density at radius 1 is 1.19 bits per heavy atom. The fourth-order valence-electron chi connectivity index (χ4n) is 2.82. The van der Waals surface area contributed by atoms with Crippen LogP contribution >= 0.6 is 22.7 Å². The first-order chi connectivity index (χ1) is 10.3. The zero-order valence-electron chi connectivity index (χ0n) is 11.1. The molecule has 5 heteroatoms. The summed E-state index contributed by atoms with van der Waals surface area (Å²) in [6.45, 7) is 0. The Bertz CT molecular complexity index is 751. The third-order valence-electron chi connectivity index (χ3n) is 3.77. The molecule has 1 aliphatic heterocycles. The maximum absolute atomic E-state index is 13.6. The van der Waals surface area contributed by atoms with Crippen molar-refractivity contribution in [2.24, 2.45) is 0 Å². The van der Waals surface area contributed by atoms with Crippen molar-refractivity contribution in [1.29, 1.82) is 0 Å². The zero-order chi connectivity index (χ0) is 14.2. The molecule has 0 saturated carbocycles. The molecule has 0 amide bonds. The van der Waals surface area contributed by atoms with Crippen LogP contribution in [0.2, 0.25) is 0 Å². The number of rotatable bonds is 2. The van der Waals surface area contributed by atoms with E-state index in [1.165, 1.54) is 16.5 Å². The molecule has 0 spiro atoms. The molecule has 0 bridgehead atoms. The molecule has 0 saturated heterocycles. The second kappa shape index (κ2) is 5.33. The Hall–Kier alpha value is -1.56. The Morgan fingerprint density at radius 2 is 2.14 bits per heavy atom. The number of hydrogen-bond acceptors (Lipinski definition) is 4. The van der Waals surface area contributed by atoms with Gasteiger partial charge in [-0.15, -0.1) is 22.7 Å². The van der Waals surface area contributed by atoms with E-state index in [1.807, 2.05) is 17.6 Å². The number of aromatic nitrogens is 1. The Labute approximate surface area is 130 Å². The number of hydrogen-bond donors (Lipinski definition) is 1. The minimum absolute atomic E-state index is 0.0401. The number of halogens is 1. The van der Waals surface area contributed by atoms with Gasteiger partial charge in [-0.3, -0.25) is 5.32 Å². The van der Waals surface area contributed by atoms with Gasteiger partial charge in [0, 0.05) is 16.5 Å². The van der Waals surface area contributed by atoms with Gasteiger partial charge in [-0.2, -0.15) is 0 Å². The van der Waals surface area contributed by atoms with Crippen molar-refractivity contribution in [2.75, 3.05) is 0 Å². The van der Waals surface area contributed by atoms with Crippen LogP contribution in [0, 0.1) is 5.82 Å². The molecule has 3 heterocycles. The number of benzene rings is 1. The van der Waals surface area contributed by atoms with Gasteiger partial charge in [0.1, 0.15) is 10.8 Å². The van der Waals surface area contributed by atoms with Crippen LogP contribution in [0.5, 0.6) is 0 Å². The first-order valence-corrected chi connectivity index (χ1v) is 8.54. The summed E-state index contributed by atoms with van der Waals surface area (Å²) in [5, 5.41) is 8.84. The van der Waals surface area contributed by atoms with E-state index in [0.717, 1.165) is 17.0 Å². The molecule has 3 aromatic rings. The van der Waals surface area contributed by atoms with Crippen LogP contribution in [0.3, 0.4) is 0 Å². The second-order valence-electron chi connectivity index (χ2n) is 5.09. The molecular formula is C16H13FN2S2. The summed E-state index contributed by atoms with van der Waals surface area (Å²) in [4.78, 5) is 5.71. The number of nitrogens with one attached hydrogen (secondary N) is 1. The summed E-state index contributed by atoms with van der Waals surface area (Å²) in [7, 11) is 0. The monoisotopic (exact) mass is 316 g/mol. The molecule has 1 N–H and O–H groups in total. The van der Waals surface area contributed by atoms with Crippen molar-refractivity contribution in [1.82, 2.24) is 10.3 Å². The number of fused-ring (bicyclic) bond motifs is 1. The van der Waals surface area contributed by atoms with Crippen LogP contribution in [-0.2, 0) is 6.42 Å². The van der Waals surface area contributed by atoms with Crippen molar-refractivity contribution < 1.29 is 4.39 Å². The summed E-state index contributed by atoms with van der Waals surface area (Å²) in [5.41, 5.74) is 2.31. The normalized spacial score (nSPS) is 21.2. The maximum atomic E-state index is 13.6. The average molecular weight is 316 g/mol. The number of thiophene rings is 1. The van der Waals surface area contributed by atoms with Crippen LogP contribution in [-0.4, -0.2) is 4.98 Å². The van der Waals surface area contributed by atoms with E-state index < -0.39 is 0 Å². The van der Waals surface area contributed by atoms with Crippen molar-refractivity contribution in [2.45, 2.75) is 18.5 Å². The lowest BCUT2D eigenvalue weighted by atomic mass is 9.93. The molecule has 2 nitrogen and oxygen atoms in total. The van der Waals surface area contributed by atoms with Crippen molar-refractivity contribution in [3.05, 3.63) is 74.1 Å². The van der Waals surface area contributed by atoms with Gasteiger partial charge < -0.3 is 0 Å². The van der Waals surface area contributed by atoms with Crippen LogP contribution in [0.4, 0.5) is 4.39 Å². The van der Waals surface area contributed by atoms with Gasteiger partial charge in [0.2, 0.25) is 0 Å². The van der Waals surface area contributed by atoms with Crippen LogP contribution < -0.4 is 5.32 Å². The number of nitrogens with zero attached hydrogens (tertiary/aromatic N) is 1. The third kappa shape index (κ3) is 2.41. The van der Waals surface area contributed by atoms with Gasteiger partial charge in [-0.1, -0.05) is 12.1 Å². The molecular weight excluding hydrogens is 303 g/mol. The average Bonchev–Trinajstić information content (AvgIpc) is 3.17. The Kier molecular flexibility index (Phi) is 3.33. The fraction of sp³-hybridized carbons (Fsp3) is 0.188. The first-order valence-electron chi connectivity index (χ1n) is 6.78. The van der Waals surface area contributed by atoms with Crippen molar-refractivity contribution in [3.63, 3.8) is 0 Å². The predicted octanol–water partition coefficient (Wildman–Crippen LogP) is 4.32. The largest absolute Gasteiger partial charge is 0.296 e. The smallest absolute Gasteiger partial charge is 0.123 e. The fourth-order valence-corrected chi connectivity index (χ4v) is 4.54. The lowest BCUT2D eigenvalue weighted by molar-refractivity contribution is 0.455. The highest BCUT2D eigenvalue weighted by atomic mass is 32.1. The first kappa shape index (κ1) is 13.1. The minimum Gasteiger partial charge on any atom is -0.296 e. The van der Waals surface area contributed by atoms with E-state index in [4.69, 9.17) is 0 Å².